The number of aliphatic carboxylic acids is 1. The zero-order valence-electron chi connectivity index (χ0n) is 12.2. The van der Waals surface area contributed by atoms with Gasteiger partial charge in [-0.1, -0.05) is 50.1 Å². The first kappa shape index (κ1) is 15.0. The summed E-state index contributed by atoms with van der Waals surface area (Å²) < 4.78 is 0. The van der Waals surface area contributed by atoms with Crippen LogP contribution in [0.2, 0.25) is 0 Å². The second-order valence-corrected chi connectivity index (χ2v) is 6.02. The summed E-state index contributed by atoms with van der Waals surface area (Å²) in [6.07, 6.45) is 5.97. The van der Waals surface area contributed by atoms with Crippen LogP contribution in [0.1, 0.15) is 44.6 Å². The van der Waals surface area contributed by atoms with Crippen molar-refractivity contribution < 1.29 is 9.90 Å². The highest BCUT2D eigenvalue weighted by molar-refractivity contribution is 5.67. The number of carboxylic acids is 1. The maximum Gasteiger partial charge on any atom is 0.304 e. The number of nitrogens with one attached hydrogen (secondary N) is 1. The Morgan fingerprint density at radius 3 is 2.65 bits per heavy atom. The van der Waals surface area contributed by atoms with Crippen LogP contribution in [0.25, 0.3) is 0 Å². The topological polar surface area (TPSA) is 49.3 Å². The van der Waals surface area contributed by atoms with Gasteiger partial charge in [0.05, 0.1) is 6.42 Å². The summed E-state index contributed by atoms with van der Waals surface area (Å²) in [7, 11) is 0. The SMILES string of the molecule is CC1CCCCC1NC(CC(=O)O)Cc1ccccc1. The Morgan fingerprint density at radius 2 is 2.00 bits per heavy atom. The molecule has 20 heavy (non-hydrogen) atoms. The summed E-state index contributed by atoms with van der Waals surface area (Å²) in [5.41, 5.74) is 1.20. The van der Waals surface area contributed by atoms with Crippen molar-refractivity contribution in [3.05, 3.63) is 35.9 Å². The second kappa shape index (κ2) is 7.44. The number of carboxylic acid groups (broad SMARTS) is 1. The number of hydrogen-bond acceptors (Lipinski definition) is 2. The molecule has 0 spiro atoms. The van der Waals surface area contributed by atoms with Gasteiger partial charge in [0.1, 0.15) is 0 Å². The van der Waals surface area contributed by atoms with E-state index in [0.29, 0.717) is 12.0 Å². The lowest BCUT2D eigenvalue weighted by atomic mass is 9.85. The Morgan fingerprint density at radius 1 is 1.30 bits per heavy atom. The Labute approximate surface area is 121 Å². The second-order valence-electron chi connectivity index (χ2n) is 6.02. The summed E-state index contributed by atoms with van der Waals surface area (Å²) in [6.45, 7) is 2.27. The van der Waals surface area contributed by atoms with Crippen LogP contribution in [0.15, 0.2) is 30.3 Å². The van der Waals surface area contributed by atoms with Crippen molar-refractivity contribution in [3.63, 3.8) is 0 Å². The number of hydrogen-bond donors (Lipinski definition) is 2. The third-order valence-electron chi connectivity index (χ3n) is 4.31. The normalized spacial score (nSPS) is 24.2. The van der Waals surface area contributed by atoms with E-state index < -0.39 is 5.97 Å². The zero-order valence-corrected chi connectivity index (χ0v) is 12.2. The van der Waals surface area contributed by atoms with E-state index in [2.05, 4.69) is 24.4 Å². The molecule has 1 aliphatic rings. The lowest BCUT2D eigenvalue weighted by Gasteiger charge is -2.33. The van der Waals surface area contributed by atoms with Crippen LogP contribution in [0.3, 0.4) is 0 Å². The van der Waals surface area contributed by atoms with E-state index in [1.165, 1.54) is 31.2 Å². The van der Waals surface area contributed by atoms with Crippen LogP contribution < -0.4 is 5.32 Å². The smallest absolute Gasteiger partial charge is 0.304 e. The molecular weight excluding hydrogens is 250 g/mol. The van der Waals surface area contributed by atoms with Crippen molar-refractivity contribution in [2.75, 3.05) is 0 Å². The molecule has 1 aromatic rings. The highest BCUT2D eigenvalue weighted by Crippen LogP contribution is 2.24. The average molecular weight is 275 g/mol. The van der Waals surface area contributed by atoms with Gasteiger partial charge < -0.3 is 10.4 Å². The molecule has 1 aromatic carbocycles. The number of benzene rings is 1. The van der Waals surface area contributed by atoms with Crippen molar-refractivity contribution in [2.45, 2.75) is 57.5 Å². The first-order valence-corrected chi connectivity index (χ1v) is 7.67. The Kier molecular flexibility index (Phi) is 5.60. The average Bonchev–Trinajstić information content (AvgIpc) is 2.42. The van der Waals surface area contributed by atoms with E-state index in [1.54, 1.807) is 0 Å². The fourth-order valence-electron chi connectivity index (χ4n) is 3.17. The highest BCUT2D eigenvalue weighted by atomic mass is 16.4. The first-order valence-electron chi connectivity index (χ1n) is 7.67. The van der Waals surface area contributed by atoms with Crippen LogP contribution in [0.4, 0.5) is 0 Å². The van der Waals surface area contributed by atoms with E-state index in [4.69, 9.17) is 5.11 Å². The molecule has 1 saturated carbocycles. The molecule has 1 fully saturated rings. The van der Waals surface area contributed by atoms with Gasteiger partial charge in [-0.25, -0.2) is 0 Å². The molecule has 0 aromatic heterocycles. The molecule has 0 saturated heterocycles. The maximum atomic E-state index is 11.1. The molecule has 1 aliphatic carbocycles. The summed E-state index contributed by atoms with van der Waals surface area (Å²) >= 11 is 0. The molecule has 3 nitrogen and oxygen atoms in total. The molecule has 2 N–H and O–H groups in total. The molecule has 2 rings (SSSR count). The predicted octanol–water partition coefficient (Wildman–Crippen LogP) is 3.24. The Balaban J connectivity index is 1.97. The quantitative estimate of drug-likeness (QED) is 0.838. The third-order valence-corrected chi connectivity index (χ3v) is 4.31. The fraction of sp³-hybridized carbons (Fsp3) is 0.588. The van der Waals surface area contributed by atoms with Crippen molar-refractivity contribution in [1.82, 2.24) is 5.32 Å². The van der Waals surface area contributed by atoms with Gasteiger partial charge in [-0.05, 0) is 30.7 Å². The number of rotatable bonds is 6. The van der Waals surface area contributed by atoms with Gasteiger partial charge in [0.15, 0.2) is 0 Å². The van der Waals surface area contributed by atoms with Crippen molar-refractivity contribution in [1.29, 1.82) is 0 Å². The van der Waals surface area contributed by atoms with Gasteiger partial charge in [0.25, 0.3) is 0 Å². The Bertz CT molecular complexity index is 418. The monoisotopic (exact) mass is 275 g/mol. The van der Waals surface area contributed by atoms with Crippen LogP contribution in [0.5, 0.6) is 0 Å². The van der Waals surface area contributed by atoms with Crippen molar-refractivity contribution >= 4 is 5.97 Å². The lowest BCUT2D eigenvalue weighted by Crippen LogP contribution is -2.45. The minimum atomic E-state index is -0.720. The van der Waals surface area contributed by atoms with E-state index in [-0.39, 0.29) is 12.5 Å². The molecular formula is C17H25NO2. The molecule has 0 radical (unpaired) electrons. The third kappa shape index (κ3) is 4.64. The van der Waals surface area contributed by atoms with Gasteiger partial charge in [-0.15, -0.1) is 0 Å². The molecule has 110 valence electrons. The van der Waals surface area contributed by atoms with Gasteiger partial charge in [0.2, 0.25) is 0 Å². The van der Waals surface area contributed by atoms with Crippen LogP contribution in [-0.2, 0) is 11.2 Å². The van der Waals surface area contributed by atoms with Crippen LogP contribution in [0, 0.1) is 5.92 Å². The first-order chi connectivity index (χ1) is 9.65. The molecule has 3 unspecified atom stereocenters. The van der Waals surface area contributed by atoms with Gasteiger partial charge in [0, 0.05) is 12.1 Å². The van der Waals surface area contributed by atoms with Crippen LogP contribution >= 0.6 is 0 Å². The molecule has 0 heterocycles. The molecule has 0 aliphatic heterocycles. The van der Waals surface area contributed by atoms with E-state index >= 15 is 0 Å². The maximum absolute atomic E-state index is 11.1. The largest absolute Gasteiger partial charge is 0.481 e. The standard InChI is InChI=1S/C17H25NO2/c1-13-7-5-6-10-16(13)18-15(12-17(19)20)11-14-8-3-2-4-9-14/h2-4,8-9,13,15-16,18H,5-7,10-12H2,1H3,(H,19,20). The molecule has 3 atom stereocenters. The van der Waals surface area contributed by atoms with E-state index in [0.717, 1.165) is 6.42 Å². The summed E-state index contributed by atoms with van der Waals surface area (Å²) in [4.78, 5) is 11.1. The van der Waals surface area contributed by atoms with Crippen molar-refractivity contribution in [2.24, 2.45) is 5.92 Å². The minimum Gasteiger partial charge on any atom is -0.481 e. The molecule has 0 bridgehead atoms. The zero-order chi connectivity index (χ0) is 14.4. The van der Waals surface area contributed by atoms with Gasteiger partial charge in [-0.3, -0.25) is 4.79 Å². The van der Waals surface area contributed by atoms with Gasteiger partial charge in [-0.2, -0.15) is 0 Å². The van der Waals surface area contributed by atoms with Crippen LogP contribution in [-0.4, -0.2) is 23.2 Å². The highest BCUT2D eigenvalue weighted by Gasteiger charge is 2.25. The fourth-order valence-corrected chi connectivity index (χ4v) is 3.17. The van der Waals surface area contributed by atoms with E-state index in [1.807, 2.05) is 18.2 Å². The lowest BCUT2D eigenvalue weighted by molar-refractivity contribution is -0.137. The minimum absolute atomic E-state index is 0.0282. The van der Waals surface area contributed by atoms with Crippen molar-refractivity contribution in [3.8, 4) is 0 Å². The number of carbonyl (C=O) groups is 1. The van der Waals surface area contributed by atoms with E-state index in [9.17, 15) is 4.79 Å². The van der Waals surface area contributed by atoms with Gasteiger partial charge >= 0.3 is 5.97 Å². The molecule has 3 heteroatoms. The predicted molar refractivity (Wildman–Crippen MR) is 80.7 cm³/mol. The summed E-state index contributed by atoms with van der Waals surface area (Å²) in [5.74, 6) is -0.0716. The molecule has 0 amide bonds. The summed E-state index contributed by atoms with van der Waals surface area (Å²) in [6, 6.07) is 10.7. The summed E-state index contributed by atoms with van der Waals surface area (Å²) in [5, 5.41) is 12.7. The Hall–Kier alpha value is -1.35.